The topological polar surface area (TPSA) is 81.7 Å². The number of nitrogens with one attached hydrogen (secondary N) is 1. The minimum absolute atomic E-state index is 0.136. The summed E-state index contributed by atoms with van der Waals surface area (Å²) >= 11 is 0. The molecule has 2 unspecified atom stereocenters. The van der Waals surface area contributed by atoms with Crippen LogP contribution in [0.2, 0.25) is 0 Å². The third kappa shape index (κ3) is 5.90. The number of benzene rings is 1. The first kappa shape index (κ1) is 20.1. The highest BCUT2D eigenvalue weighted by atomic mass is 32.3. The quantitative estimate of drug-likeness (QED) is 0.854. The first-order chi connectivity index (χ1) is 11.4. The molecule has 1 heterocycles. The van der Waals surface area contributed by atoms with Gasteiger partial charge >= 0.3 is 16.2 Å². The van der Waals surface area contributed by atoms with E-state index < -0.39 is 32.1 Å². The zero-order valence-electron chi connectivity index (χ0n) is 15.4. The molecule has 0 spiro atoms. The highest BCUT2D eigenvalue weighted by molar-refractivity contribution is 8.32. The molecule has 0 saturated carbocycles. The molecule has 1 aliphatic rings. The number of amides is 1. The lowest BCUT2D eigenvalue weighted by Gasteiger charge is -2.29. The van der Waals surface area contributed by atoms with E-state index in [9.17, 15) is 13.2 Å². The van der Waals surface area contributed by atoms with Crippen LogP contribution in [-0.2, 0) is 18.5 Å². The van der Waals surface area contributed by atoms with E-state index in [1.165, 1.54) is 0 Å². The molecule has 2 atom stereocenters. The van der Waals surface area contributed by atoms with E-state index in [1.807, 2.05) is 13.2 Å². The van der Waals surface area contributed by atoms with Gasteiger partial charge in [-0.05, 0) is 52.5 Å². The van der Waals surface area contributed by atoms with E-state index >= 15 is 0 Å². The summed E-state index contributed by atoms with van der Waals surface area (Å²) in [4.78, 5) is 12.0. The Hall–Kier alpha value is -1.25. The molecule has 1 aromatic carbocycles. The van der Waals surface area contributed by atoms with Gasteiger partial charge in [0.05, 0.1) is 4.90 Å². The molecule has 2 rings (SSSR count). The van der Waals surface area contributed by atoms with Crippen molar-refractivity contribution >= 4 is 26.5 Å². The van der Waals surface area contributed by atoms with Crippen LogP contribution >= 0.6 is 10.3 Å². The van der Waals surface area contributed by atoms with Gasteiger partial charge in [0.25, 0.3) is 0 Å². The Morgan fingerprint density at radius 3 is 2.40 bits per heavy atom. The maximum atomic E-state index is 12.5. The van der Waals surface area contributed by atoms with Gasteiger partial charge in [-0.3, -0.25) is 0 Å². The van der Waals surface area contributed by atoms with Crippen LogP contribution in [0, 0.1) is 6.92 Å². The van der Waals surface area contributed by atoms with E-state index in [4.69, 9.17) is 8.37 Å². The Labute approximate surface area is 151 Å². The fourth-order valence-corrected chi connectivity index (χ4v) is 7.65. The molecule has 142 valence electrons. The van der Waals surface area contributed by atoms with Crippen LogP contribution in [0.3, 0.4) is 0 Å². The smallest absolute Gasteiger partial charge is 0.407 e. The summed E-state index contributed by atoms with van der Waals surface area (Å²) in [5, 5.41) is 2.81. The van der Waals surface area contributed by atoms with Crippen LogP contribution in [0.1, 0.15) is 32.8 Å². The molecule has 0 bridgehead atoms. The normalized spacial score (nSPS) is 26.7. The van der Waals surface area contributed by atoms with Crippen molar-refractivity contribution in [2.45, 2.75) is 50.7 Å². The predicted octanol–water partition coefficient (Wildman–Crippen LogP) is 3.35. The van der Waals surface area contributed by atoms with Gasteiger partial charge in [0.15, 0.2) is 0 Å². The van der Waals surface area contributed by atoms with E-state index in [0.717, 1.165) is 5.56 Å². The van der Waals surface area contributed by atoms with Crippen LogP contribution in [0.25, 0.3) is 0 Å². The first-order valence-electron chi connectivity index (χ1n) is 8.15. The number of rotatable bonds is 4. The van der Waals surface area contributed by atoms with Crippen LogP contribution in [-0.4, -0.2) is 43.9 Å². The van der Waals surface area contributed by atoms with Gasteiger partial charge in [0.2, 0.25) is 0 Å². The van der Waals surface area contributed by atoms with Crippen LogP contribution in [0.5, 0.6) is 0 Å². The van der Waals surface area contributed by atoms with Gasteiger partial charge in [0.1, 0.15) is 5.60 Å². The van der Waals surface area contributed by atoms with Gasteiger partial charge in [-0.2, -0.15) is 8.42 Å². The van der Waals surface area contributed by atoms with E-state index in [2.05, 4.69) is 5.32 Å². The van der Waals surface area contributed by atoms with Crippen LogP contribution in [0.4, 0.5) is 4.79 Å². The van der Waals surface area contributed by atoms with Crippen molar-refractivity contribution in [1.82, 2.24) is 5.32 Å². The summed E-state index contributed by atoms with van der Waals surface area (Å²) < 4.78 is 35.9. The highest BCUT2D eigenvalue weighted by Gasteiger charge is 2.37. The van der Waals surface area contributed by atoms with Gasteiger partial charge in [-0.15, -0.1) is 10.3 Å². The third-order valence-electron chi connectivity index (χ3n) is 3.74. The van der Waals surface area contributed by atoms with Crippen LogP contribution < -0.4 is 5.32 Å². The molecule has 1 amide bonds. The molecule has 0 aromatic heterocycles. The van der Waals surface area contributed by atoms with Crippen molar-refractivity contribution in [3.05, 3.63) is 29.8 Å². The summed E-state index contributed by atoms with van der Waals surface area (Å²) in [6, 6.07) is 6.46. The van der Waals surface area contributed by atoms with Gasteiger partial charge < -0.3 is 10.1 Å². The number of hydrogen-bond acceptors (Lipinski definition) is 5. The van der Waals surface area contributed by atoms with Gasteiger partial charge in [-0.1, -0.05) is 17.7 Å². The van der Waals surface area contributed by atoms with Gasteiger partial charge in [0, 0.05) is 17.5 Å². The number of hydrogen-bond donors (Lipinski definition) is 1. The zero-order chi connectivity index (χ0) is 18.9. The Balaban J connectivity index is 1.99. The van der Waals surface area contributed by atoms with Gasteiger partial charge in [-0.25, -0.2) is 8.42 Å². The largest absolute Gasteiger partial charge is 0.444 e. The van der Waals surface area contributed by atoms with Crippen molar-refractivity contribution in [3.8, 4) is 0 Å². The molecule has 8 heteroatoms. The highest BCUT2D eigenvalue weighted by Crippen LogP contribution is 2.53. The van der Waals surface area contributed by atoms with Crippen molar-refractivity contribution in [2.24, 2.45) is 0 Å². The van der Waals surface area contributed by atoms with E-state index in [0.29, 0.717) is 17.9 Å². The molecular weight excluding hydrogens is 362 g/mol. The standard InChI is InChI=1S/C17H27NO5S2/c1-13-6-8-15(9-7-13)25(20,21)23-24(5)11-10-14(12-24)18-16(19)22-17(2,3)4/h6-9,14H,10-12H2,1-5H3,(H,18,19). The molecule has 6 nitrogen and oxygen atoms in total. The Morgan fingerprint density at radius 1 is 1.24 bits per heavy atom. The lowest BCUT2D eigenvalue weighted by Crippen LogP contribution is -2.39. The second kappa shape index (κ2) is 7.17. The van der Waals surface area contributed by atoms with Crippen molar-refractivity contribution in [1.29, 1.82) is 0 Å². The number of alkyl carbamates (subject to hydrolysis) is 1. The third-order valence-corrected chi connectivity index (χ3v) is 8.82. The van der Waals surface area contributed by atoms with E-state index in [-0.39, 0.29) is 10.9 Å². The Morgan fingerprint density at radius 2 is 1.84 bits per heavy atom. The molecule has 1 aromatic rings. The number of aryl methyl sites for hydroxylation is 1. The summed E-state index contributed by atoms with van der Waals surface area (Å²) in [6.07, 6.45) is 2.03. The van der Waals surface area contributed by atoms with Crippen molar-refractivity contribution in [2.75, 3.05) is 17.8 Å². The monoisotopic (exact) mass is 389 g/mol. The number of carbonyl (C=O) groups excluding carboxylic acids is 1. The minimum atomic E-state index is -3.81. The molecule has 0 radical (unpaired) electrons. The SMILES string of the molecule is Cc1ccc(S(=O)(=O)OS2(C)CCC(NC(=O)OC(C)(C)C)C2)cc1. The molecule has 25 heavy (non-hydrogen) atoms. The minimum Gasteiger partial charge on any atom is -0.444 e. The number of ether oxygens (including phenoxy) is 1. The number of carbonyl (C=O) groups is 1. The maximum Gasteiger partial charge on any atom is 0.407 e. The van der Waals surface area contributed by atoms with Crippen LogP contribution in [0.15, 0.2) is 29.2 Å². The van der Waals surface area contributed by atoms with Crippen molar-refractivity contribution < 1.29 is 21.6 Å². The molecule has 1 aliphatic heterocycles. The summed E-state index contributed by atoms with van der Waals surface area (Å²) in [6.45, 7) is 7.29. The first-order valence-corrected chi connectivity index (χ1v) is 11.9. The summed E-state index contributed by atoms with van der Waals surface area (Å²) in [5.74, 6) is 1.12. The predicted molar refractivity (Wildman–Crippen MR) is 100 cm³/mol. The maximum absolute atomic E-state index is 12.5. The molecule has 1 fully saturated rings. The lowest BCUT2D eigenvalue weighted by atomic mass is 10.2. The average molecular weight is 390 g/mol. The molecule has 1 N–H and O–H groups in total. The summed E-state index contributed by atoms with van der Waals surface area (Å²) in [7, 11) is -5.62. The van der Waals surface area contributed by atoms with Crippen molar-refractivity contribution in [3.63, 3.8) is 0 Å². The Bertz CT molecular complexity index is 724. The Kier molecular flexibility index (Phi) is 5.75. The molecular formula is C17H27NO5S2. The second-order valence-corrected chi connectivity index (χ2v) is 12.6. The molecule has 0 aliphatic carbocycles. The second-order valence-electron chi connectivity index (χ2n) is 7.52. The molecule has 1 saturated heterocycles. The lowest BCUT2D eigenvalue weighted by molar-refractivity contribution is 0.0510. The fraction of sp³-hybridized carbons (Fsp3) is 0.588. The fourth-order valence-electron chi connectivity index (χ4n) is 2.59. The zero-order valence-corrected chi connectivity index (χ0v) is 17.0. The average Bonchev–Trinajstić information content (AvgIpc) is 2.76. The summed E-state index contributed by atoms with van der Waals surface area (Å²) in [5.41, 5.74) is 0.421. The van der Waals surface area contributed by atoms with E-state index in [1.54, 1.807) is 45.0 Å².